The molecule has 0 radical (unpaired) electrons. The average Bonchev–Trinajstić information content (AvgIpc) is 2.96. The van der Waals surface area contributed by atoms with Gasteiger partial charge in [0.15, 0.2) is 0 Å². The highest BCUT2D eigenvalue weighted by Gasteiger charge is 2.16. The molecule has 2 aromatic rings. The fourth-order valence-electron chi connectivity index (χ4n) is 1.84. The normalized spacial score (nSPS) is 14.5. The van der Waals surface area contributed by atoms with Crippen LogP contribution in [0.25, 0.3) is 10.7 Å². The van der Waals surface area contributed by atoms with Crippen molar-refractivity contribution in [3.63, 3.8) is 0 Å². The highest BCUT2D eigenvalue weighted by molar-refractivity contribution is 9.11. The van der Waals surface area contributed by atoms with Gasteiger partial charge < -0.3 is 10.3 Å². The monoisotopic (exact) mass is 343 g/mol. The van der Waals surface area contributed by atoms with Gasteiger partial charge in [-0.25, -0.2) is 0 Å². The van der Waals surface area contributed by atoms with Crippen LogP contribution in [0.1, 0.15) is 44.9 Å². The molecule has 0 aromatic carbocycles. The first-order chi connectivity index (χ1) is 9.06. The van der Waals surface area contributed by atoms with Gasteiger partial charge in [0.2, 0.25) is 11.7 Å². The number of thiophene rings is 1. The Bertz CT molecular complexity index is 523. The zero-order chi connectivity index (χ0) is 13.8. The lowest BCUT2D eigenvalue weighted by molar-refractivity contribution is 0.350. The molecule has 0 aliphatic rings. The Hall–Kier alpha value is -0.720. The van der Waals surface area contributed by atoms with E-state index in [1.54, 1.807) is 11.3 Å². The Morgan fingerprint density at radius 3 is 2.79 bits per heavy atom. The van der Waals surface area contributed by atoms with Gasteiger partial charge in [0.1, 0.15) is 0 Å². The fourth-order valence-corrected chi connectivity index (χ4v) is 3.15. The lowest BCUT2D eigenvalue weighted by atomic mass is 10.0. The molecule has 2 heterocycles. The van der Waals surface area contributed by atoms with Gasteiger partial charge in [0, 0.05) is 12.0 Å². The van der Waals surface area contributed by atoms with Crippen LogP contribution in [0.3, 0.4) is 0 Å². The van der Waals surface area contributed by atoms with Crippen LogP contribution >= 0.6 is 27.3 Å². The molecule has 0 saturated carbocycles. The van der Waals surface area contributed by atoms with Crippen LogP contribution in [0.2, 0.25) is 0 Å². The molecular weight excluding hydrogens is 326 g/mol. The van der Waals surface area contributed by atoms with E-state index in [9.17, 15) is 0 Å². The Morgan fingerprint density at radius 1 is 1.37 bits per heavy atom. The van der Waals surface area contributed by atoms with Crippen LogP contribution in [0, 0.1) is 0 Å². The van der Waals surface area contributed by atoms with Crippen molar-refractivity contribution >= 4 is 27.3 Å². The lowest BCUT2D eigenvalue weighted by Crippen LogP contribution is -2.14. The fraction of sp³-hybridized carbons (Fsp3) is 0.538. The molecule has 0 fully saturated rings. The number of aromatic nitrogens is 2. The first-order valence-electron chi connectivity index (χ1n) is 6.41. The molecule has 0 amide bonds. The molecule has 0 bridgehead atoms. The van der Waals surface area contributed by atoms with E-state index in [0.29, 0.717) is 11.7 Å². The van der Waals surface area contributed by atoms with Crippen LogP contribution in [0.4, 0.5) is 0 Å². The van der Waals surface area contributed by atoms with Crippen molar-refractivity contribution in [3.8, 4) is 10.7 Å². The maximum Gasteiger partial charge on any atom is 0.229 e. The van der Waals surface area contributed by atoms with Gasteiger partial charge in [0.25, 0.3) is 0 Å². The molecule has 2 rings (SSSR count). The number of rotatable bonds is 6. The minimum Gasteiger partial charge on any atom is -0.339 e. The molecule has 2 atom stereocenters. The molecule has 4 nitrogen and oxygen atoms in total. The number of nitrogens with two attached hydrogens (primary N) is 1. The molecule has 104 valence electrons. The van der Waals surface area contributed by atoms with Crippen molar-refractivity contribution in [1.82, 2.24) is 10.1 Å². The summed E-state index contributed by atoms with van der Waals surface area (Å²) in [5.74, 6) is 1.66. The molecule has 0 saturated heterocycles. The van der Waals surface area contributed by atoms with Crippen molar-refractivity contribution in [2.45, 2.75) is 45.1 Å². The first-order valence-corrected chi connectivity index (χ1v) is 8.02. The highest BCUT2D eigenvalue weighted by atomic mass is 79.9. The number of hydrogen-bond donors (Lipinski definition) is 1. The summed E-state index contributed by atoms with van der Waals surface area (Å²) in [6, 6.07) is 4.24. The number of hydrogen-bond acceptors (Lipinski definition) is 5. The van der Waals surface area contributed by atoms with E-state index in [1.165, 1.54) is 0 Å². The van der Waals surface area contributed by atoms with Gasteiger partial charge in [-0.1, -0.05) is 18.5 Å². The van der Waals surface area contributed by atoms with E-state index >= 15 is 0 Å². The standard InChI is InChI=1S/C13H18BrN3OS/c1-8(4-3-5-9(2)15)13-16-12(17-18-13)10-6-7-11(14)19-10/h6-9H,3-5,15H2,1-2H3. The predicted octanol–water partition coefficient (Wildman–Crippen LogP) is 4.18. The van der Waals surface area contributed by atoms with E-state index in [1.807, 2.05) is 19.1 Å². The maximum atomic E-state index is 5.75. The summed E-state index contributed by atoms with van der Waals surface area (Å²) in [7, 11) is 0. The SMILES string of the molecule is CC(N)CCCC(C)c1nc(-c2ccc(Br)s2)no1. The number of nitrogens with zero attached hydrogens (tertiary/aromatic N) is 2. The van der Waals surface area contributed by atoms with E-state index in [-0.39, 0.29) is 12.0 Å². The van der Waals surface area contributed by atoms with Crippen molar-refractivity contribution in [3.05, 3.63) is 21.8 Å². The van der Waals surface area contributed by atoms with Gasteiger partial charge in [-0.15, -0.1) is 11.3 Å². The third kappa shape index (κ3) is 4.12. The van der Waals surface area contributed by atoms with Crippen LogP contribution in [0.5, 0.6) is 0 Å². The molecule has 0 aliphatic carbocycles. The van der Waals surface area contributed by atoms with Gasteiger partial charge >= 0.3 is 0 Å². The summed E-state index contributed by atoms with van der Waals surface area (Å²) in [5, 5.41) is 4.04. The molecule has 6 heteroatoms. The van der Waals surface area contributed by atoms with Crippen LogP contribution < -0.4 is 5.73 Å². The topological polar surface area (TPSA) is 64.9 Å². The lowest BCUT2D eigenvalue weighted by Gasteiger charge is -2.07. The molecule has 2 unspecified atom stereocenters. The van der Waals surface area contributed by atoms with Gasteiger partial charge in [-0.05, 0) is 47.8 Å². The average molecular weight is 344 g/mol. The van der Waals surface area contributed by atoms with E-state index in [2.05, 4.69) is 33.0 Å². The summed E-state index contributed by atoms with van der Waals surface area (Å²) in [6.07, 6.45) is 3.14. The second-order valence-electron chi connectivity index (χ2n) is 4.87. The Balaban J connectivity index is 1.96. The van der Waals surface area contributed by atoms with Crippen LogP contribution in [0.15, 0.2) is 20.4 Å². The van der Waals surface area contributed by atoms with Gasteiger partial charge in [-0.2, -0.15) is 4.98 Å². The van der Waals surface area contributed by atoms with Gasteiger partial charge in [0.05, 0.1) is 8.66 Å². The zero-order valence-electron chi connectivity index (χ0n) is 11.1. The van der Waals surface area contributed by atoms with Crippen LogP contribution in [-0.2, 0) is 0 Å². The Kier molecular flexibility index (Phi) is 5.13. The Morgan fingerprint density at radius 2 is 2.16 bits per heavy atom. The molecule has 19 heavy (non-hydrogen) atoms. The predicted molar refractivity (Wildman–Crippen MR) is 81.2 cm³/mol. The molecule has 0 aliphatic heterocycles. The minimum absolute atomic E-state index is 0.258. The zero-order valence-corrected chi connectivity index (χ0v) is 13.5. The molecule has 0 spiro atoms. The third-order valence-corrected chi connectivity index (χ3v) is 4.57. The van der Waals surface area contributed by atoms with E-state index in [4.69, 9.17) is 10.3 Å². The summed E-state index contributed by atoms with van der Waals surface area (Å²) >= 11 is 5.04. The quantitative estimate of drug-likeness (QED) is 0.854. The highest BCUT2D eigenvalue weighted by Crippen LogP contribution is 2.30. The van der Waals surface area contributed by atoms with Crippen molar-refractivity contribution in [2.75, 3.05) is 0 Å². The van der Waals surface area contributed by atoms with Crippen molar-refractivity contribution in [1.29, 1.82) is 0 Å². The maximum absolute atomic E-state index is 5.75. The molecule has 2 aromatic heterocycles. The van der Waals surface area contributed by atoms with Crippen LogP contribution in [-0.4, -0.2) is 16.2 Å². The molecular formula is C13H18BrN3OS. The first kappa shape index (κ1) is 14.7. The summed E-state index contributed by atoms with van der Waals surface area (Å²) < 4.78 is 6.41. The van der Waals surface area contributed by atoms with Gasteiger partial charge in [-0.3, -0.25) is 0 Å². The van der Waals surface area contributed by atoms with E-state index in [0.717, 1.165) is 27.9 Å². The smallest absolute Gasteiger partial charge is 0.229 e. The van der Waals surface area contributed by atoms with E-state index < -0.39 is 0 Å². The minimum atomic E-state index is 0.258. The largest absolute Gasteiger partial charge is 0.339 e. The third-order valence-electron chi connectivity index (χ3n) is 2.95. The Labute approximate surface area is 125 Å². The molecule has 2 N–H and O–H groups in total. The summed E-state index contributed by atoms with van der Waals surface area (Å²) in [6.45, 7) is 4.15. The second kappa shape index (κ2) is 6.63. The second-order valence-corrected chi connectivity index (χ2v) is 7.33. The summed E-state index contributed by atoms with van der Waals surface area (Å²) in [4.78, 5) is 5.49. The van der Waals surface area contributed by atoms with Crippen molar-refractivity contribution in [2.24, 2.45) is 5.73 Å². The summed E-state index contributed by atoms with van der Waals surface area (Å²) in [5.41, 5.74) is 5.75. The number of halogens is 1. The van der Waals surface area contributed by atoms with Crippen molar-refractivity contribution < 1.29 is 4.52 Å².